The average Bonchev–Trinajstić information content (AvgIpc) is 2.92. The summed E-state index contributed by atoms with van der Waals surface area (Å²) in [6.45, 7) is 15.5. The molecule has 3 rings (SSSR count). The van der Waals surface area contributed by atoms with E-state index >= 15 is 0 Å². The van der Waals surface area contributed by atoms with E-state index in [1.165, 1.54) is 12.8 Å². The number of carbonyl (C=O) groups excluding carboxylic acids is 1. The Labute approximate surface area is 156 Å². The van der Waals surface area contributed by atoms with Gasteiger partial charge >= 0.3 is 0 Å². The molecule has 144 valence electrons. The minimum absolute atomic E-state index is 0.112. The molecule has 0 aliphatic carbocycles. The van der Waals surface area contributed by atoms with Crippen LogP contribution in [-0.2, 0) is 0 Å². The maximum Gasteiger partial charge on any atom is 0.261 e. The standard InChI is InChI=1S/C21H33N3O2/c1-15-11-17(18(25)22-16(15)2)19(26)24-10-8-21(14-24)7-6-9-23(13-21)12-20(3,4)5/h11H,6-10,12-14H2,1-5H3,(H,22,25). The van der Waals surface area contributed by atoms with Crippen molar-refractivity contribution < 1.29 is 4.79 Å². The van der Waals surface area contributed by atoms with Crippen LogP contribution in [0.15, 0.2) is 10.9 Å². The van der Waals surface area contributed by atoms with E-state index in [4.69, 9.17) is 0 Å². The zero-order valence-corrected chi connectivity index (χ0v) is 16.9. The molecule has 1 amide bonds. The molecule has 1 atom stereocenters. The molecule has 2 aliphatic rings. The Bertz CT molecular complexity index is 747. The van der Waals surface area contributed by atoms with E-state index in [1.807, 2.05) is 18.7 Å². The lowest BCUT2D eigenvalue weighted by molar-refractivity contribution is 0.0594. The van der Waals surface area contributed by atoms with Gasteiger partial charge < -0.3 is 14.8 Å². The normalized spacial score (nSPS) is 24.4. The number of carbonyl (C=O) groups is 1. The van der Waals surface area contributed by atoms with Crippen LogP contribution in [0.2, 0.25) is 0 Å². The molecule has 26 heavy (non-hydrogen) atoms. The van der Waals surface area contributed by atoms with Gasteiger partial charge in [0.05, 0.1) is 0 Å². The molecule has 0 bridgehead atoms. The number of piperidine rings is 1. The average molecular weight is 360 g/mol. The van der Waals surface area contributed by atoms with Gasteiger partial charge in [-0.3, -0.25) is 9.59 Å². The monoisotopic (exact) mass is 359 g/mol. The second-order valence-electron chi connectivity index (χ2n) is 9.67. The molecule has 0 saturated carbocycles. The third-order valence-electron chi connectivity index (χ3n) is 5.89. The van der Waals surface area contributed by atoms with Crippen molar-refractivity contribution in [2.24, 2.45) is 10.8 Å². The van der Waals surface area contributed by atoms with Crippen molar-refractivity contribution in [2.75, 3.05) is 32.7 Å². The number of hydrogen-bond acceptors (Lipinski definition) is 3. The summed E-state index contributed by atoms with van der Waals surface area (Å²) in [5, 5.41) is 0. The van der Waals surface area contributed by atoms with Gasteiger partial charge in [0.15, 0.2) is 0 Å². The summed E-state index contributed by atoms with van der Waals surface area (Å²) in [6.07, 6.45) is 3.42. The van der Waals surface area contributed by atoms with Crippen molar-refractivity contribution in [3.8, 4) is 0 Å². The molecule has 1 N–H and O–H groups in total. The van der Waals surface area contributed by atoms with Crippen molar-refractivity contribution in [3.05, 3.63) is 33.2 Å². The number of aromatic amines is 1. The second kappa shape index (κ2) is 6.84. The van der Waals surface area contributed by atoms with Gasteiger partial charge in [0.2, 0.25) is 0 Å². The van der Waals surface area contributed by atoms with Crippen molar-refractivity contribution >= 4 is 5.91 Å². The largest absolute Gasteiger partial charge is 0.338 e. The lowest BCUT2D eigenvalue weighted by Crippen LogP contribution is -2.47. The summed E-state index contributed by atoms with van der Waals surface area (Å²) in [5.41, 5.74) is 2.29. The Balaban J connectivity index is 1.73. The fraction of sp³-hybridized carbons (Fsp3) is 0.714. The third kappa shape index (κ3) is 4.03. The second-order valence-corrected chi connectivity index (χ2v) is 9.67. The first kappa shape index (κ1) is 19.2. The highest BCUT2D eigenvalue weighted by Crippen LogP contribution is 2.40. The highest BCUT2D eigenvalue weighted by molar-refractivity contribution is 5.94. The van der Waals surface area contributed by atoms with Crippen molar-refractivity contribution in [3.63, 3.8) is 0 Å². The zero-order valence-electron chi connectivity index (χ0n) is 16.9. The molecular formula is C21H33N3O2. The molecule has 0 radical (unpaired) electrons. The number of pyridine rings is 1. The molecular weight excluding hydrogens is 326 g/mol. The van der Waals surface area contributed by atoms with E-state index in [1.54, 1.807) is 6.07 Å². The minimum atomic E-state index is -0.267. The number of rotatable bonds is 2. The first-order chi connectivity index (χ1) is 12.1. The van der Waals surface area contributed by atoms with E-state index in [0.717, 1.165) is 50.4 Å². The predicted molar refractivity (Wildman–Crippen MR) is 105 cm³/mol. The fourth-order valence-corrected chi connectivity index (χ4v) is 4.61. The maximum absolute atomic E-state index is 13.0. The lowest BCUT2D eigenvalue weighted by atomic mass is 9.78. The molecule has 1 aromatic rings. The van der Waals surface area contributed by atoms with Gasteiger partial charge in [-0.1, -0.05) is 20.8 Å². The zero-order chi connectivity index (χ0) is 19.1. The Morgan fingerprint density at radius 1 is 1.19 bits per heavy atom. The van der Waals surface area contributed by atoms with Crippen LogP contribution in [-0.4, -0.2) is 53.4 Å². The SMILES string of the molecule is Cc1cc(C(=O)N2CCC3(CCCN(CC(C)(C)C)C3)C2)c(=O)[nH]c1C. The van der Waals surface area contributed by atoms with Crippen LogP contribution in [0.1, 0.15) is 61.6 Å². The number of nitrogens with one attached hydrogen (secondary N) is 1. The number of nitrogens with zero attached hydrogens (tertiary/aromatic N) is 2. The highest BCUT2D eigenvalue weighted by atomic mass is 16.2. The minimum Gasteiger partial charge on any atom is -0.338 e. The molecule has 2 fully saturated rings. The highest BCUT2D eigenvalue weighted by Gasteiger charge is 2.43. The molecule has 2 aliphatic heterocycles. The van der Waals surface area contributed by atoms with Crippen molar-refractivity contribution in [2.45, 2.75) is 53.9 Å². The molecule has 1 spiro atoms. The van der Waals surface area contributed by atoms with Crippen LogP contribution in [0, 0.1) is 24.7 Å². The molecule has 1 unspecified atom stereocenters. The maximum atomic E-state index is 13.0. The molecule has 0 aromatic carbocycles. The van der Waals surface area contributed by atoms with Gasteiger partial charge in [0, 0.05) is 37.3 Å². The summed E-state index contributed by atoms with van der Waals surface area (Å²) < 4.78 is 0. The first-order valence-electron chi connectivity index (χ1n) is 9.81. The number of H-pyrrole nitrogens is 1. The molecule has 3 heterocycles. The first-order valence-corrected chi connectivity index (χ1v) is 9.81. The van der Waals surface area contributed by atoms with Crippen LogP contribution < -0.4 is 5.56 Å². The van der Waals surface area contributed by atoms with Gasteiger partial charge in [-0.25, -0.2) is 0 Å². The van der Waals surface area contributed by atoms with Crippen LogP contribution in [0.3, 0.4) is 0 Å². The van der Waals surface area contributed by atoms with Crippen LogP contribution >= 0.6 is 0 Å². The molecule has 5 heteroatoms. The molecule has 2 saturated heterocycles. The van der Waals surface area contributed by atoms with E-state index in [9.17, 15) is 9.59 Å². The number of aryl methyl sites for hydroxylation is 2. The van der Waals surface area contributed by atoms with Gasteiger partial charge in [-0.15, -0.1) is 0 Å². The van der Waals surface area contributed by atoms with E-state index in [0.29, 0.717) is 5.41 Å². The quantitative estimate of drug-likeness (QED) is 0.883. The Hall–Kier alpha value is -1.62. The number of likely N-dealkylation sites (tertiary alicyclic amines) is 2. The Kier molecular flexibility index (Phi) is 5.04. The third-order valence-corrected chi connectivity index (χ3v) is 5.89. The summed E-state index contributed by atoms with van der Waals surface area (Å²) in [7, 11) is 0. The number of hydrogen-bond donors (Lipinski definition) is 1. The molecule has 5 nitrogen and oxygen atoms in total. The Morgan fingerprint density at radius 2 is 1.92 bits per heavy atom. The van der Waals surface area contributed by atoms with Gasteiger partial charge in [0.25, 0.3) is 11.5 Å². The summed E-state index contributed by atoms with van der Waals surface area (Å²) in [4.78, 5) is 32.5. The van der Waals surface area contributed by atoms with Crippen molar-refractivity contribution in [1.29, 1.82) is 0 Å². The van der Waals surface area contributed by atoms with E-state index < -0.39 is 0 Å². The van der Waals surface area contributed by atoms with Crippen LogP contribution in [0.4, 0.5) is 0 Å². The lowest BCUT2D eigenvalue weighted by Gasteiger charge is -2.42. The summed E-state index contributed by atoms with van der Waals surface area (Å²) in [5.74, 6) is -0.112. The predicted octanol–water partition coefficient (Wildman–Crippen LogP) is 2.97. The van der Waals surface area contributed by atoms with Gasteiger partial charge in [-0.05, 0) is 56.7 Å². The number of amides is 1. The number of aromatic nitrogens is 1. The molecule has 1 aromatic heterocycles. The Morgan fingerprint density at radius 3 is 2.62 bits per heavy atom. The van der Waals surface area contributed by atoms with Crippen LogP contribution in [0.5, 0.6) is 0 Å². The van der Waals surface area contributed by atoms with Crippen LogP contribution in [0.25, 0.3) is 0 Å². The summed E-state index contributed by atoms with van der Waals surface area (Å²) >= 11 is 0. The fourth-order valence-electron chi connectivity index (χ4n) is 4.61. The van der Waals surface area contributed by atoms with Crippen molar-refractivity contribution in [1.82, 2.24) is 14.8 Å². The van der Waals surface area contributed by atoms with E-state index in [-0.39, 0.29) is 22.4 Å². The smallest absolute Gasteiger partial charge is 0.261 e. The summed E-state index contributed by atoms with van der Waals surface area (Å²) in [6, 6.07) is 1.74. The van der Waals surface area contributed by atoms with Gasteiger partial charge in [0.1, 0.15) is 5.56 Å². The topological polar surface area (TPSA) is 56.4 Å². The van der Waals surface area contributed by atoms with Gasteiger partial charge in [-0.2, -0.15) is 0 Å². The van der Waals surface area contributed by atoms with E-state index in [2.05, 4.69) is 30.7 Å².